The highest BCUT2D eigenvalue weighted by atomic mass is 32.1. The minimum atomic E-state index is -0.978. The highest BCUT2D eigenvalue weighted by molar-refractivity contribution is 7.13. The zero-order valence-electron chi connectivity index (χ0n) is 40.5. The van der Waals surface area contributed by atoms with Gasteiger partial charge in [-0.15, -0.1) is 11.3 Å². The van der Waals surface area contributed by atoms with Crippen LogP contribution in [0.25, 0.3) is 16.0 Å². The predicted molar refractivity (Wildman–Crippen MR) is 257 cm³/mol. The second kappa shape index (κ2) is 21.3. The molecule has 1 saturated carbocycles. The first-order chi connectivity index (χ1) is 31.8. The molecule has 2 aromatic carbocycles. The van der Waals surface area contributed by atoms with Gasteiger partial charge < -0.3 is 40.0 Å². The first-order valence-electron chi connectivity index (χ1n) is 23.8. The molecule has 2 saturated heterocycles. The Morgan fingerprint density at radius 1 is 0.955 bits per heavy atom. The smallest absolute Gasteiger partial charge is 0.343 e. The van der Waals surface area contributed by atoms with Crippen LogP contribution in [0, 0.1) is 33.1 Å². The van der Waals surface area contributed by atoms with E-state index in [-0.39, 0.29) is 43.4 Å². The maximum Gasteiger partial charge on any atom is 0.343 e. The number of amides is 3. The molecule has 15 nitrogen and oxygen atoms in total. The van der Waals surface area contributed by atoms with Gasteiger partial charge in [0.25, 0.3) is 0 Å². The third-order valence-electron chi connectivity index (χ3n) is 13.9. The standard InChI is InChI=1S/C51H70N6O9S/c1-31-25-32(2)42(33(3)26-31)43-46(60)51(66-49(43)63)15-13-39(14-16-51)65-24-22-56-19-17-55(18-20-56)21-23-64-29-41(59)54-45(50(6,7)8)48(62)57-28-38(58)27-40(57)47(61)53-34(4)36-9-11-37(12-10-36)44-35(5)52-30-67-44/h9-12,25-26,30,34,38-40,45,58,60H,13-24,27-29H2,1-8H3,(H,53,61)(H,54,59)/t34-,38+,39?,40-,45+,51?/m0/s1. The van der Waals surface area contributed by atoms with E-state index in [0.717, 1.165) is 76.7 Å². The van der Waals surface area contributed by atoms with E-state index in [0.29, 0.717) is 51.0 Å². The summed E-state index contributed by atoms with van der Waals surface area (Å²) in [5, 5.41) is 28.0. The summed E-state index contributed by atoms with van der Waals surface area (Å²) in [4.78, 5) is 65.6. The Morgan fingerprint density at radius 2 is 1.58 bits per heavy atom. The van der Waals surface area contributed by atoms with Crippen molar-refractivity contribution in [3.05, 3.63) is 81.2 Å². The number of thiazole rings is 1. The van der Waals surface area contributed by atoms with Gasteiger partial charge in [-0.2, -0.15) is 0 Å². The molecular weight excluding hydrogens is 873 g/mol. The summed E-state index contributed by atoms with van der Waals surface area (Å²) in [6.45, 7) is 21.1. The molecular formula is C51H70N6O9S. The number of aliphatic hydroxyl groups excluding tert-OH is 2. The van der Waals surface area contributed by atoms with Crippen molar-refractivity contribution in [2.24, 2.45) is 5.41 Å². The van der Waals surface area contributed by atoms with E-state index >= 15 is 0 Å². The zero-order chi connectivity index (χ0) is 48.2. The van der Waals surface area contributed by atoms with Gasteiger partial charge in [0.2, 0.25) is 17.7 Å². The molecule has 16 heteroatoms. The summed E-state index contributed by atoms with van der Waals surface area (Å²) < 4.78 is 18.0. The Balaban J connectivity index is 0.796. The number of nitrogens with one attached hydrogen (secondary N) is 2. The molecule has 7 rings (SSSR count). The molecule has 4 aliphatic rings. The largest absolute Gasteiger partial charge is 0.507 e. The fraction of sp³-hybridized carbons (Fsp3) is 0.588. The SMILES string of the molecule is Cc1cc(C)c(C2=C(O)C3(CCC(OCCN4CCN(CCOCC(=O)N[C@H](C(=O)N5C[C@H](O)C[C@H]5C(=O)N[C@@H](C)c5ccc(-c6scnc6C)cc5)C(C)(C)C)CC4)CC3)OC2=O)c(C)c1. The summed E-state index contributed by atoms with van der Waals surface area (Å²) in [5.41, 5.74) is 7.17. The van der Waals surface area contributed by atoms with Crippen LogP contribution in [-0.4, -0.2) is 149 Å². The topological polar surface area (TPSA) is 183 Å². The first kappa shape index (κ1) is 50.2. The molecule has 0 unspecified atom stereocenters. The number of rotatable bonds is 16. The number of nitrogens with zero attached hydrogens (tertiary/aromatic N) is 4. The summed E-state index contributed by atoms with van der Waals surface area (Å²) >= 11 is 1.58. The maximum atomic E-state index is 14.1. The Bertz CT molecular complexity index is 2270. The number of carbonyl (C=O) groups excluding carboxylic acids is 4. The van der Waals surface area contributed by atoms with Crippen molar-refractivity contribution in [1.29, 1.82) is 0 Å². The molecule has 1 spiro atoms. The molecule has 1 aromatic heterocycles. The number of likely N-dealkylation sites (tertiary alicyclic amines) is 1. The van der Waals surface area contributed by atoms with Gasteiger partial charge in [0.15, 0.2) is 11.4 Å². The summed E-state index contributed by atoms with van der Waals surface area (Å²) in [6, 6.07) is 9.84. The van der Waals surface area contributed by atoms with Crippen LogP contribution in [-0.2, 0) is 33.4 Å². The van der Waals surface area contributed by atoms with Gasteiger partial charge in [0.1, 0.15) is 24.3 Å². The third kappa shape index (κ3) is 11.8. The minimum absolute atomic E-state index is 0.00546. The van der Waals surface area contributed by atoms with E-state index < -0.39 is 47.0 Å². The van der Waals surface area contributed by atoms with E-state index in [9.17, 15) is 29.4 Å². The van der Waals surface area contributed by atoms with Crippen molar-refractivity contribution in [3.63, 3.8) is 0 Å². The molecule has 3 amide bonds. The van der Waals surface area contributed by atoms with Crippen molar-refractivity contribution in [3.8, 4) is 10.4 Å². The highest BCUT2D eigenvalue weighted by Gasteiger charge is 2.51. The Labute approximate surface area is 399 Å². The fourth-order valence-electron chi connectivity index (χ4n) is 10.1. The van der Waals surface area contributed by atoms with Gasteiger partial charge >= 0.3 is 5.97 Å². The first-order valence-corrected chi connectivity index (χ1v) is 24.7. The van der Waals surface area contributed by atoms with Crippen LogP contribution in [0.5, 0.6) is 0 Å². The summed E-state index contributed by atoms with van der Waals surface area (Å²) in [6.07, 6.45) is 1.72. The van der Waals surface area contributed by atoms with Crippen molar-refractivity contribution < 1.29 is 43.6 Å². The van der Waals surface area contributed by atoms with Crippen LogP contribution in [0.3, 0.4) is 0 Å². The maximum absolute atomic E-state index is 14.1. The quantitative estimate of drug-likeness (QED) is 0.104. The van der Waals surface area contributed by atoms with Gasteiger partial charge in [0, 0.05) is 52.2 Å². The second-order valence-corrected chi connectivity index (χ2v) is 20.9. The number of β-amino-alcohol motifs (C(OH)–C–C–N with tert-alkyl or cyclic N) is 1. The Hall–Kier alpha value is -4.71. The fourth-order valence-corrected chi connectivity index (χ4v) is 10.9. The molecule has 3 aliphatic heterocycles. The number of ether oxygens (including phenoxy) is 3. The number of piperazine rings is 1. The van der Waals surface area contributed by atoms with E-state index in [1.807, 2.05) is 97.3 Å². The third-order valence-corrected chi connectivity index (χ3v) is 14.9. The van der Waals surface area contributed by atoms with Crippen LogP contribution in [0.15, 0.2) is 47.7 Å². The van der Waals surface area contributed by atoms with Crippen LogP contribution >= 0.6 is 11.3 Å². The lowest BCUT2D eigenvalue weighted by Gasteiger charge is -2.37. The van der Waals surface area contributed by atoms with E-state index in [2.05, 4.69) is 25.4 Å². The van der Waals surface area contributed by atoms with Gasteiger partial charge in [-0.1, -0.05) is 62.7 Å². The second-order valence-electron chi connectivity index (χ2n) is 20.1. The number of benzene rings is 2. The monoisotopic (exact) mass is 942 g/mol. The summed E-state index contributed by atoms with van der Waals surface area (Å²) in [5.74, 6) is -1.60. The molecule has 3 fully saturated rings. The average Bonchev–Trinajstić information content (AvgIpc) is 3.96. The zero-order valence-corrected chi connectivity index (χ0v) is 41.3. The van der Waals surface area contributed by atoms with Gasteiger partial charge in [0.05, 0.1) is 47.5 Å². The molecule has 364 valence electrons. The molecule has 4 atom stereocenters. The molecule has 1 aliphatic carbocycles. The molecule has 0 radical (unpaired) electrons. The lowest BCUT2D eigenvalue weighted by atomic mass is 9.80. The highest BCUT2D eigenvalue weighted by Crippen LogP contribution is 2.47. The van der Waals surface area contributed by atoms with Crippen molar-refractivity contribution in [2.75, 3.05) is 65.6 Å². The number of hydrogen-bond acceptors (Lipinski definition) is 13. The van der Waals surface area contributed by atoms with E-state index in [1.165, 1.54) is 4.90 Å². The average molecular weight is 943 g/mol. The summed E-state index contributed by atoms with van der Waals surface area (Å²) in [7, 11) is 0. The van der Waals surface area contributed by atoms with Gasteiger partial charge in [-0.3, -0.25) is 24.2 Å². The lowest BCUT2D eigenvalue weighted by Crippen LogP contribution is -2.58. The number of carbonyl (C=O) groups is 4. The van der Waals surface area contributed by atoms with Crippen LogP contribution in [0.2, 0.25) is 0 Å². The van der Waals surface area contributed by atoms with Gasteiger partial charge in [-0.25, -0.2) is 9.78 Å². The Kier molecular flexibility index (Phi) is 15.9. The number of aryl methyl sites for hydroxylation is 4. The normalized spacial score (nSPS) is 23.7. The number of hydrogen-bond donors (Lipinski definition) is 4. The molecule has 4 N–H and O–H groups in total. The van der Waals surface area contributed by atoms with Crippen LogP contribution < -0.4 is 10.6 Å². The molecule has 4 heterocycles. The van der Waals surface area contributed by atoms with Crippen LogP contribution in [0.4, 0.5) is 0 Å². The predicted octanol–water partition coefficient (Wildman–Crippen LogP) is 5.57. The lowest BCUT2D eigenvalue weighted by molar-refractivity contribution is -0.152. The van der Waals surface area contributed by atoms with Crippen molar-refractivity contribution in [1.82, 2.24) is 30.3 Å². The van der Waals surface area contributed by atoms with Gasteiger partial charge in [-0.05, 0) is 93.5 Å². The molecule has 3 aromatic rings. The van der Waals surface area contributed by atoms with E-state index in [1.54, 1.807) is 11.3 Å². The number of esters is 1. The van der Waals surface area contributed by atoms with Crippen molar-refractivity contribution >= 4 is 40.6 Å². The molecule has 67 heavy (non-hydrogen) atoms. The molecule has 0 bridgehead atoms. The van der Waals surface area contributed by atoms with Crippen LogP contribution in [0.1, 0.15) is 99.4 Å². The minimum Gasteiger partial charge on any atom is -0.507 e. The number of aliphatic hydroxyl groups is 2. The Morgan fingerprint density at radius 3 is 2.18 bits per heavy atom. The van der Waals surface area contributed by atoms with Crippen molar-refractivity contribution in [2.45, 2.75) is 123 Å². The number of aromatic nitrogens is 1. The van der Waals surface area contributed by atoms with E-state index in [4.69, 9.17) is 14.2 Å².